The molecule has 19 heavy (non-hydrogen) atoms. The zero-order valence-corrected chi connectivity index (χ0v) is 13.6. The van der Waals surface area contributed by atoms with Crippen LogP contribution >= 0.6 is 11.3 Å². The lowest BCUT2D eigenvalue weighted by Crippen LogP contribution is -2.19. The fourth-order valence-corrected chi connectivity index (χ4v) is 3.50. The van der Waals surface area contributed by atoms with Gasteiger partial charge in [0.25, 0.3) is 0 Å². The highest BCUT2D eigenvalue weighted by Crippen LogP contribution is 2.20. The van der Waals surface area contributed by atoms with Crippen molar-refractivity contribution in [3.63, 3.8) is 0 Å². The van der Waals surface area contributed by atoms with Crippen molar-refractivity contribution < 1.29 is 0 Å². The van der Waals surface area contributed by atoms with Gasteiger partial charge in [0.15, 0.2) is 0 Å². The second-order valence-corrected chi connectivity index (χ2v) is 6.62. The second kappa shape index (κ2) is 9.51. The Morgan fingerprint density at radius 1 is 1.32 bits per heavy atom. The summed E-state index contributed by atoms with van der Waals surface area (Å²) in [4.78, 5) is 1.50. The molecule has 3 heteroatoms. The van der Waals surface area contributed by atoms with Crippen molar-refractivity contribution >= 4 is 11.3 Å². The van der Waals surface area contributed by atoms with Crippen LogP contribution in [0.2, 0.25) is 0 Å². The van der Waals surface area contributed by atoms with Crippen LogP contribution in [-0.4, -0.2) is 13.1 Å². The largest absolute Gasteiger partial charge is 0.330 e. The van der Waals surface area contributed by atoms with E-state index in [1.54, 1.807) is 0 Å². The van der Waals surface area contributed by atoms with E-state index in [4.69, 9.17) is 5.73 Å². The monoisotopic (exact) mass is 282 g/mol. The van der Waals surface area contributed by atoms with Crippen LogP contribution in [0.15, 0.2) is 11.4 Å². The molecule has 0 aliphatic heterocycles. The lowest BCUT2D eigenvalue weighted by atomic mass is 9.88. The molecule has 0 bridgehead atoms. The molecule has 2 nitrogen and oxygen atoms in total. The average molecular weight is 282 g/mol. The third kappa shape index (κ3) is 6.07. The van der Waals surface area contributed by atoms with Gasteiger partial charge in [0.1, 0.15) is 0 Å². The molecule has 0 saturated carbocycles. The molecular formula is C16H30N2S. The van der Waals surface area contributed by atoms with E-state index in [2.05, 4.69) is 37.5 Å². The zero-order valence-electron chi connectivity index (χ0n) is 12.7. The molecule has 0 saturated heterocycles. The first-order valence-electron chi connectivity index (χ1n) is 7.65. The molecule has 0 aromatic carbocycles. The summed E-state index contributed by atoms with van der Waals surface area (Å²) in [7, 11) is 0. The Morgan fingerprint density at radius 3 is 2.74 bits per heavy atom. The van der Waals surface area contributed by atoms with Crippen LogP contribution < -0.4 is 11.1 Å². The zero-order chi connectivity index (χ0) is 14.1. The summed E-state index contributed by atoms with van der Waals surface area (Å²) in [5, 5.41) is 5.78. The van der Waals surface area contributed by atoms with Gasteiger partial charge in [-0.3, -0.25) is 0 Å². The van der Waals surface area contributed by atoms with Gasteiger partial charge in [0.2, 0.25) is 0 Å². The molecule has 0 radical (unpaired) electrons. The number of nitrogens with two attached hydrogens (primary N) is 1. The molecule has 0 amide bonds. The molecule has 0 fully saturated rings. The maximum Gasteiger partial charge on any atom is 0.0302 e. The average Bonchev–Trinajstić information content (AvgIpc) is 2.84. The minimum atomic E-state index is 0.757. The molecule has 1 heterocycles. The van der Waals surface area contributed by atoms with Gasteiger partial charge in [-0.2, -0.15) is 0 Å². The van der Waals surface area contributed by atoms with E-state index in [0.717, 1.165) is 37.9 Å². The van der Waals surface area contributed by atoms with Gasteiger partial charge in [-0.05, 0) is 67.6 Å². The number of thiophene rings is 1. The van der Waals surface area contributed by atoms with Gasteiger partial charge >= 0.3 is 0 Å². The molecule has 1 unspecified atom stereocenters. The van der Waals surface area contributed by atoms with E-state index >= 15 is 0 Å². The molecule has 0 aliphatic rings. The first-order valence-corrected chi connectivity index (χ1v) is 8.53. The van der Waals surface area contributed by atoms with E-state index in [1.165, 1.54) is 29.7 Å². The molecule has 1 rings (SSSR count). The first kappa shape index (κ1) is 16.7. The van der Waals surface area contributed by atoms with Gasteiger partial charge in [-0.1, -0.05) is 20.8 Å². The van der Waals surface area contributed by atoms with Crippen LogP contribution in [0.1, 0.15) is 50.5 Å². The molecular weight excluding hydrogens is 252 g/mol. The van der Waals surface area contributed by atoms with Crippen LogP contribution in [-0.2, 0) is 13.0 Å². The van der Waals surface area contributed by atoms with Gasteiger partial charge < -0.3 is 11.1 Å². The fourth-order valence-electron chi connectivity index (χ4n) is 2.55. The number of aryl methyl sites for hydroxylation is 1. The summed E-state index contributed by atoms with van der Waals surface area (Å²) in [6.45, 7) is 9.83. The summed E-state index contributed by atoms with van der Waals surface area (Å²) >= 11 is 1.87. The van der Waals surface area contributed by atoms with Crippen LogP contribution in [0.4, 0.5) is 0 Å². The highest BCUT2D eigenvalue weighted by molar-refractivity contribution is 7.10. The van der Waals surface area contributed by atoms with Gasteiger partial charge in [0, 0.05) is 11.4 Å². The summed E-state index contributed by atoms with van der Waals surface area (Å²) in [6, 6.07) is 2.25. The Labute approximate surface area is 122 Å². The minimum Gasteiger partial charge on any atom is -0.330 e. The number of hydrogen-bond acceptors (Lipinski definition) is 3. The lowest BCUT2D eigenvalue weighted by Gasteiger charge is -2.20. The molecule has 0 spiro atoms. The van der Waals surface area contributed by atoms with Crippen molar-refractivity contribution in [1.82, 2.24) is 5.32 Å². The standard InChI is InChI=1S/C16H30N2S/c1-4-14-8-11-19-16(14)12-18-10-5-6-15(7-9-17)13(2)3/h8,11,13,15,18H,4-7,9-10,12,17H2,1-3H3. The quantitative estimate of drug-likeness (QED) is 0.641. The van der Waals surface area contributed by atoms with Crippen LogP contribution in [0.3, 0.4) is 0 Å². The van der Waals surface area contributed by atoms with Gasteiger partial charge in [0.05, 0.1) is 0 Å². The van der Waals surface area contributed by atoms with Crippen molar-refractivity contribution in [2.75, 3.05) is 13.1 Å². The summed E-state index contributed by atoms with van der Waals surface area (Å²) in [5.41, 5.74) is 7.18. The Hall–Kier alpha value is -0.380. The van der Waals surface area contributed by atoms with E-state index in [-0.39, 0.29) is 0 Å². The SMILES string of the molecule is CCc1ccsc1CNCCCC(CCN)C(C)C. The molecule has 3 N–H and O–H groups in total. The van der Waals surface area contributed by atoms with Crippen LogP contribution in [0.25, 0.3) is 0 Å². The summed E-state index contributed by atoms with van der Waals surface area (Å²) in [6.07, 6.45) is 4.87. The minimum absolute atomic E-state index is 0.757. The number of rotatable bonds is 10. The molecule has 110 valence electrons. The second-order valence-electron chi connectivity index (χ2n) is 5.62. The number of hydrogen-bond donors (Lipinski definition) is 2. The van der Waals surface area contributed by atoms with Crippen molar-refractivity contribution in [3.05, 3.63) is 21.9 Å². The predicted octanol–water partition coefficient (Wildman–Crippen LogP) is 3.80. The Balaban J connectivity index is 2.17. The fraction of sp³-hybridized carbons (Fsp3) is 0.750. The predicted molar refractivity (Wildman–Crippen MR) is 86.6 cm³/mol. The summed E-state index contributed by atoms with van der Waals surface area (Å²) < 4.78 is 0. The first-order chi connectivity index (χ1) is 9.19. The third-order valence-electron chi connectivity index (χ3n) is 3.91. The van der Waals surface area contributed by atoms with E-state index in [1.807, 2.05) is 11.3 Å². The topological polar surface area (TPSA) is 38.0 Å². The molecule has 1 aromatic heterocycles. The highest BCUT2D eigenvalue weighted by atomic mass is 32.1. The van der Waals surface area contributed by atoms with E-state index in [9.17, 15) is 0 Å². The van der Waals surface area contributed by atoms with Crippen LogP contribution in [0, 0.1) is 11.8 Å². The molecule has 0 aliphatic carbocycles. The van der Waals surface area contributed by atoms with Gasteiger partial charge in [-0.25, -0.2) is 0 Å². The maximum absolute atomic E-state index is 5.68. The van der Waals surface area contributed by atoms with Crippen molar-refractivity contribution in [3.8, 4) is 0 Å². The van der Waals surface area contributed by atoms with Crippen LogP contribution in [0.5, 0.6) is 0 Å². The Bertz CT molecular complexity index is 333. The third-order valence-corrected chi connectivity index (χ3v) is 4.88. The van der Waals surface area contributed by atoms with Crippen molar-refractivity contribution in [2.24, 2.45) is 17.6 Å². The number of nitrogens with one attached hydrogen (secondary N) is 1. The van der Waals surface area contributed by atoms with E-state index < -0.39 is 0 Å². The van der Waals surface area contributed by atoms with E-state index in [0.29, 0.717) is 0 Å². The normalized spacial score (nSPS) is 13.1. The smallest absolute Gasteiger partial charge is 0.0302 e. The Kier molecular flexibility index (Phi) is 8.35. The summed E-state index contributed by atoms with van der Waals surface area (Å²) in [5.74, 6) is 1.55. The molecule has 1 aromatic rings. The molecule has 1 atom stereocenters. The highest BCUT2D eigenvalue weighted by Gasteiger charge is 2.11. The van der Waals surface area contributed by atoms with Gasteiger partial charge in [-0.15, -0.1) is 11.3 Å². The maximum atomic E-state index is 5.68. The lowest BCUT2D eigenvalue weighted by molar-refractivity contribution is 0.331. The van der Waals surface area contributed by atoms with Crippen molar-refractivity contribution in [2.45, 2.75) is 53.0 Å². The van der Waals surface area contributed by atoms with Crippen molar-refractivity contribution in [1.29, 1.82) is 0 Å². The Morgan fingerprint density at radius 2 is 2.11 bits per heavy atom.